The smallest absolute Gasteiger partial charge is 0.245 e. The topological polar surface area (TPSA) is 109 Å². The molecule has 2 amide bonds. The Balaban J connectivity index is 1.47. The van der Waals surface area contributed by atoms with Crippen molar-refractivity contribution < 1.29 is 14.4 Å². The maximum atomic E-state index is 13.3. The number of rotatable bonds is 7. The van der Waals surface area contributed by atoms with Crippen molar-refractivity contribution in [2.45, 2.75) is 38.8 Å². The van der Waals surface area contributed by atoms with Crippen LogP contribution in [0.4, 0.5) is 5.82 Å². The zero-order valence-corrected chi connectivity index (χ0v) is 19.7. The molecule has 1 fully saturated rings. The second kappa shape index (κ2) is 9.84. The molecule has 1 aromatic carbocycles. The van der Waals surface area contributed by atoms with Crippen molar-refractivity contribution in [2.75, 3.05) is 18.8 Å². The van der Waals surface area contributed by atoms with Crippen molar-refractivity contribution in [1.29, 1.82) is 0 Å². The largest absolute Gasteiger partial charge is 0.383 e. The Kier molecular flexibility index (Phi) is 6.90. The van der Waals surface area contributed by atoms with Crippen LogP contribution in [0.2, 0.25) is 4.34 Å². The molecule has 1 unspecified atom stereocenters. The molecule has 1 aliphatic rings. The summed E-state index contributed by atoms with van der Waals surface area (Å²) in [4.78, 5) is 50.8. The van der Waals surface area contributed by atoms with Crippen LogP contribution in [0.5, 0.6) is 0 Å². The van der Waals surface area contributed by atoms with Crippen molar-refractivity contribution in [3.05, 3.63) is 51.4 Å². The number of hydrogen-bond donors (Lipinski definition) is 1. The van der Waals surface area contributed by atoms with E-state index in [0.29, 0.717) is 41.1 Å². The van der Waals surface area contributed by atoms with Gasteiger partial charge < -0.3 is 15.5 Å². The van der Waals surface area contributed by atoms with Crippen LogP contribution in [0.15, 0.2) is 36.7 Å². The van der Waals surface area contributed by atoms with Gasteiger partial charge in [0.25, 0.3) is 0 Å². The monoisotopic (exact) mass is 485 g/mol. The summed E-state index contributed by atoms with van der Waals surface area (Å²) < 4.78 is 0.501. The van der Waals surface area contributed by atoms with Gasteiger partial charge in [0.1, 0.15) is 18.2 Å². The van der Waals surface area contributed by atoms with E-state index in [-0.39, 0.29) is 24.0 Å². The lowest BCUT2D eigenvalue weighted by atomic mass is 10.0. The predicted octanol–water partition coefficient (Wildman–Crippen LogP) is 3.54. The van der Waals surface area contributed by atoms with E-state index in [0.717, 1.165) is 34.2 Å². The number of nitrogens with two attached hydrogens (primary N) is 1. The van der Waals surface area contributed by atoms with E-state index in [2.05, 4.69) is 9.97 Å². The second-order valence-corrected chi connectivity index (χ2v) is 9.68. The first-order valence-electron chi connectivity index (χ1n) is 10.7. The number of carbonyl (C=O) groups excluding carboxylic acids is 3. The molecule has 3 heterocycles. The molecule has 3 aromatic rings. The predicted molar refractivity (Wildman–Crippen MR) is 128 cm³/mol. The number of aromatic nitrogens is 2. The number of ketones is 1. The highest BCUT2D eigenvalue weighted by molar-refractivity contribution is 7.18. The van der Waals surface area contributed by atoms with Crippen molar-refractivity contribution >= 4 is 57.3 Å². The van der Waals surface area contributed by atoms with Crippen LogP contribution in [-0.4, -0.2) is 56.5 Å². The summed E-state index contributed by atoms with van der Waals surface area (Å²) >= 11 is 7.06. The Labute approximate surface area is 200 Å². The van der Waals surface area contributed by atoms with E-state index in [1.807, 2.05) is 25.1 Å². The van der Waals surface area contributed by atoms with Gasteiger partial charge in [-0.1, -0.05) is 31.0 Å². The summed E-state index contributed by atoms with van der Waals surface area (Å²) in [6.45, 7) is 3.17. The standard InChI is InChI=1S/C23H24ClN5O3S/c1-2-3-17-23(32)28(12-14-4-5-15-16(10-14)26-13-27-22(15)25)8-9-29(17)21(31)11-18(30)19-6-7-20(24)33-19/h4-7,10,13,17H,2-3,8-9,11-12H2,1H3,(H2,25,26,27). The summed E-state index contributed by atoms with van der Waals surface area (Å²) in [6.07, 6.45) is 2.44. The van der Waals surface area contributed by atoms with Crippen LogP contribution < -0.4 is 5.73 Å². The van der Waals surface area contributed by atoms with Crippen LogP contribution in [0.25, 0.3) is 10.9 Å². The number of fused-ring (bicyclic) bond motifs is 1. The minimum atomic E-state index is -0.575. The molecule has 2 aromatic heterocycles. The summed E-state index contributed by atoms with van der Waals surface area (Å²) in [5.41, 5.74) is 7.54. The van der Waals surface area contributed by atoms with Crippen molar-refractivity contribution in [1.82, 2.24) is 19.8 Å². The summed E-state index contributed by atoms with van der Waals surface area (Å²) in [5, 5.41) is 0.767. The first kappa shape index (κ1) is 23.1. The lowest BCUT2D eigenvalue weighted by Crippen LogP contribution is -2.58. The number of Topliss-reactive ketones (excluding diaryl/α,β-unsaturated/α-hetero) is 1. The number of amides is 2. The lowest BCUT2D eigenvalue weighted by Gasteiger charge is -2.40. The molecule has 0 saturated carbocycles. The highest BCUT2D eigenvalue weighted by atomic mass is 35.5. The minimum Gasteiger partial charge on any atom is -0.383 e. The van der Waals surface area contributed by atoms with Crippen LogP contribution in [0.3, 0.4) is 0 Å². The average Bonchev–Trinajstić information content (AvgIpc) is 3.23. The molecule has 2 N–H and O–H groups in total. The fourth-order valence-electron chi connectivity index (χ4n) is 4.08. The highest BCUT2D eigenvalue weighted by Crippen LogP contribution is 2.25. The fourth-order valence-corrected chi connectivity index (χ4v) is 5.06. The van der Waals surface area contributed by atoms with Gasteiger partial charge in [0.05, 0.1) is 21.2 Å². The van der Waals surface area contributed by atoms with Crippen LogP contribution >= 0.6 is 22.9 Å². The van der Waals surface area contributed by atoms with Gasteiger partial charge in [-0.25, -0.2) is 9.97 Å². The molecule has 0 bridgehead atoms. The zero-order valence-electron chi connectivity index (χ0n) is 18.2. The molecule has 8 nitrogen and oxygen atoms in total. The second-order valence-electron chi connectivity index (χ2n) is 7.97. The zero-order chi connectivity index (χ0) is 23.5. The molecule has 0 spiro atoms. The lowest BCUT2D eigenvalue weighted by molar-refractivity contribution is -0.152. The van der Waals surface area contributed by atoms with Crippen molar-refractivity contribution in [2.24, 2.45) is 0 Å². The molecule has 33 heavy (non-hydrogen) atoms. The maximum Gasteiger partial charge on any atom is 0.245 e. The van der Waals surface area contributed by atoms with E-state index in [4.69, 9.17) is 17.3 Å². The third-order valence-electron chi connectivity index (χ3n) is 5.73. The number of carbonyl (C=O) groups is 3. The Bertz CT molecular complexity index is 1210. The number of nitrogens with zero attached hydrogens (tertiary/aromatic N) is 4. The van der Waals surface area contributed by atoms with Gasteiger partial charge in [0.15, 0.2) is 5.78 Å². The van der Waals surface area contributed by atoms with Gasteiger partial charge in [-0.15, -0.1) is 11.3 Å². The molecule has 1 saturated heterocycles. The maximum absolute atomic E-state index is 13.3. The van der Waals surface area contributed by atoms with Gasteiger partial charge >= 0.3 is 0 Å². The van der Waals surface area contributed by atoms with Gasteiger partial charge in [0.2, 0.25) is 11.8 Å². The average molecular weight is 486 g/mol. The molecule has 172 valence electrons. The number of benzene rings is 1. The number of piperazine rings is 1. The third-order valence-corrected chi connectivity index (χ3v) is 7.00. The van der Waals surface area contributed by atoms with Crippen molar-refractivity contribution in [3.63, 3.8) is 0 Å². The van der Waals surface area contributed by atoms with Gasteiger partial charge in [-0.05, 0) is 36.2 Å². The van der Waals surface area contributed by atoms with Gasteiger partial charge in [0, 0.05) is 25.0 Å². The molecular formula is C23H24ClN5O3S. The van der Waals surface area contributed by atoms with Crippen molar-refractivity contribution in [3.8, 4) is 0 Å². The minimum absolute atomic E-state index is 0.106. The quantitative estimate of drug-likeness (QED) is 0.405. The Hall–Kier alpha value is -3.04. The first-order chi connectivity index (χ1) is 15.9. The molecule has 1 aliphatic heterocycles. The Morgan fingerprint density at radius 3 is 2.76 bits per heavy atom. The summed E-state index contributed by atoms with van der Waals surface area (Å²) in [7, 11) is 0. The number of hydrogen-bond acceptors (Lipinski definition) is 7. The van der Waals surface area contributed by atoms with E-state index in [1.54, 1.807) is 21.9 Å². The SMILES string of the molecule is CCCC1C(=O)N(Cc2ccc3c(N)ncnc3c2)CCN1C(=O)CC(=O)c1ccc(Cl)s1. The van der Waals surface area contributed by atoms with Crippen LogP contribution in [0, 0.1) is 0 Å². The molecule has 1 atom stereocenters. The summed E-state index contributed by atoms with van der Waals surface area (Å²) in [6, 6.07) is 8.35. The van der Waals surface area contributed by atoms with E-state index in [9.17, 15) is 14.4 Å². The van der Waals surface area contributed by atoms with Gasteiger partial charge in [-0.3, -0.25) is 14.4 Å². The number of anilines is 1. The van der Waals surface area contributed by atoms with Gasteiger partial charge in [-0.2, -0.15) is 0 Å². The van der Waals surface area contributed by atoms with E-state index in [1.165, 1.54) is 6.33 Å². The number of nitrogen functional groups attached to an aromatic ring is 1. The fraction of sp³-hybridized carbons (Fsp3) is 0.348. The molecular weight excluding hydrogens is 462 g/mol. The molecule has 10 heteroatoms. The van der Waals surface area contributed by atoms with Crippen LogP contribution in [0.1, 0.15) is 41.4 Å². The normalized spacial score (nSPS) is 16.4. The third kappa shape index (κ3) is 4.99. The van der Waals surface area contributed by atoms with E-state index < -0.39 is 6.04 Å². The first-order valence-corrected chi connectivity index (χ1v) is 11.9. The Morgan fingerprint density at radius 1 is 1.21 bits per heavy atom. The molecule has 4 rings (SSSR count). The summed E-state index contributed by atoms with van der Waals surface area (Å²) in [5.74, 6) is -0.296. The molecule has 0 radical (unpaired) electrons. The van der Waals surface area contributed by atoms with E-state index >= 15 is 0 Å². The Morgan fingerprint density at radius 2 is 2.03 bits per heavy atom. The highest BCUT2D eigenvalue weighted by Gasteiger charge is 2.37. The molecule has 0 aliphatic carbocycles. The number of halogens is 1. The number of thiophene rings is 1. The van der Waals surface area contributed by atoms with Crippen LogP contribution in [-0.2, 0) is 16.1 Å².